The Bertz CT molecular complexity index is 1440. The molecule has 3 aliphatic rings. The van der Waals surface area contributed by atoms with Crippen LogP contribution in [0.5, 0.6) is 0 Å². The fourth-order valence-corrected chi connectivity index (χ4v) is 7.04. The first-order valence-electron chi connectivity index (χ1n) is 15.1. The summed E-state index contributed by atoms with van der Waals surface area (Å²) in [5, 5.41) is 28.5. The molecule has 2 amide bonds. The molecule has 5 atom stereocenters. The van der Waals surface area contributed by atoms with Crippen molar-refractivity contribution in [3.8, 4) is 0 Å². The Balaban J connectivity index is 1.68. The van der Waals surface area contributed by atoms with Crippen molar-refractivity contribution in [1.82, 2.24) is 20.9 Å². The first kappa shape index (κ1) is 33.0. The molecule has 1 saturated heterocycles. The number of carbonyl (C=O) groups is 4. The standard InChI is InChI=1S/C33H43N4O6S/c1-7-20-15(2)25(36-33(20)43)12-23-16(3)21(8-10-29(38)39)26(34-23)14-27-22(9-11-30(40)41)17(4)24(35-27)13-28-31(19(6)44)18(5)32(42)37-28/h12-14,18-19,25,28,31,34-35,44H,7-11H2,1-6H3,(H,36,43)(H,37,42)(H,38,39)(H,40,41)/q-3/b24-13-/t18-,19+,25?,28?,31+/m1/s1. The van der Waals surface area contributed by atoms with Gasteiger partial charge in [0.15, 0.2) is 0 Å². The van der Waals surface area contributed by atoms with E-state index in [1.165, 1.54) is 0 Å². The number of carbonyl (C=O) groups excluding carboxylic acids is 2. The predicted molar refractivity (Wildman–Crippen MR) is 170 cm³/mol. The van der Waals surface area contributed by atoms with Gasteiger partial charge in [0, 0.05) is 41.7 Å². The number of aromatic nitrogens is 1. The molecule has 0 saturated carbocycles. The minimum atomic E-state index is -0.911. The molecule has 0 radical (unpaired) electrons. The zero-order valence-electron chi connectivity index (χ0n) is 26.1. The molecule has 240 valence electrons. The minimum Gasteiger partial charge on any atom is -0.481 e. The second-order valence-corrected chi connectivity index (χ2v) is 12.8. The number of aromatic amines is 1. The number of carboxylic acid groups (broad SMARTS) is 2. The van der Waals surface area contributed by atoms with E-state index in [4.69, 9.17) is 0 Å². The van der Waals surface area contributed by atoms with Gasteiger partial charge in [0.05, 0.1) is 0 Å². The summed E-state index contributed by atoms with van der Waals surface area (Å²) < 4.78 is 0. The van der Waals surface area contributed by atoms with Gasteiger partial charge in [0.25, 0.3) is 0 Å². The van der Waals surface area contributed by atoms with E-state index >= 15 is 0 Å². The molecule has 1 aromatic rings. The summed E-state index contributed by atoms with van der Waals surface area (Å²) in [4.78, 5) is 51.5. The Labute approximate surface area is 264 Å². The van der Waals surface area contributed by atoms with Crippen LogP contribution in [0.25, 0.3) is 0 Å². The summed E-state index contributed by atoms with van der Waals surface area (Å²) in [6, 6.07) is -0.519. The molecule has 2 unspecified atom stereocenters. The van der Waals surface area contributed by atoms with E-state index < -0.39 is 11.9 Å². The molecule has 4 rings (SSSR count). The van der Waals surface area contributed by atoms with E-state index in [9.17, 15) is 29.4 Å². The maximum Gasteiger partial charge on any atom is 0.302 e. The van der Waals surface area contributed by atoms with Gasteiger partial charge in [-0.05, 0) is 19.3 Å². The Morgan fingerprint density at radius 1 is 1.09 bits per heavy atom. The number of carboxylic acids is 2. The quantitative estimate of drug-likeness (QED) is 0.129. The van der Waals surface area contributed by atoms with E-state index in [1.54, 1.807) is 0 Å². The molecule has 4 heterocycles. The third-order valence-corrected chi connectivity index (χ3v) is 9.52. The van der Waals surface area contributed by atoms with Crippen LogP contribution in [0, 0.1) is 37.5 Å². The van der Waals surface area contributed by atoms with Crippen molar-refractivity contribution in [3.05, 3.63) is 75.5 Å². The average Bonchev–Trinajstić information content (AvgIpc) is 3.59. The lowest BCUT2D eigenvalue weighted by atomic mass is 9.87. The Morgan fingerprint density at radius 3 is 2.34 bits per heavy atom. The summed E-state index contributed by atoms with van der Waals surface area (Å²) in [7, 11) is 0. The van der Waals surface area contributed by atoms with Crippen LogP contribution in [-0.2, 0) is 25.6 Å². The third kappa shape index (κ3) is 6.77. The average molecular weight is 624 g/mol. The van der Waals surface area contributed by atoms with Crippen LogP contribution in [0.15, 0.2) is 34.2 Å². The van der Waals surface area contributed by atoms with Gasteiger partial charge in [-0.15, -0.1) is 18.7 Å². The molecule has 1 aromatic heterocycles. The molecule has 1 fully saturated rings. The second-order valence-electron chi connectivity index (χ2n) is 12.0. The van der Waals surface area contributed by atoms with E-state index in [2.05, 4.69) is 33.6 Å². The zero-order chi connectivity index (χ0) is 32.5. The minimum absolute atomic E-state index is 0.0167. The van der Waals surface area contributed by atoms with Gasteiger partial charge in [-0.3, -0.25) is 19.2 Å². The highest BCUT2D eigenvalue weighted by atomic mass is 32.1. The molecular weight excluding hydrogens is 580 g/mol. The third-order valence-electron chi connectivity index (χ3n) is 9.18. The van der Waals surface area contributed by atoms with Crippen molar-refractivity contribution in [2.45, 2.75) is 91.0 Å². The number of H-pyrrole nitrogens is 1. The fourth-order valence-electron chi connectivity index (χ4n) is 6.59. The van der Waals surface area contributed by atoms with Crippen molar-refractivity contribution in [1.29, 1.82) is 0 Å². The van der Waals surface area contributed by atoms with Crippen molar-refractivity contribution < 1.29 is 29.4 Å². The summed E-state index contributed by atoms with van der Waals surface area (Å²) in [6.45, 7) is 11.6. The lowest BCUT2D eigenvalue weighted by molar-refractivity contribution is -0.138. The normalized spacial score (nSPS) is 25.0. The molecular formula is C33H43N4O6S-3. The number of amides is 2. The van der Waals surface area contributed by atoms with Crippen LogP contribution in [0.2, 0.25) is 0 Å². The topological polar surface area (TPSA) is 161 Å². The Hall–Kier alpha value is -3.86. The largest absolute Gasteiger partial charge is 0.481 e. The smallest absolute Gasteiger partial charge is 0.302 e. The molecule has 0 spiro atoms. The number of rotatable bonds is 13. The number of allylic oxidation sites excluding steroid dienone is 2. The van der Waals surface area contributed by atoms with Crippen molar-refractivity contribution >= 4 is 36.4 Å². The van der Waals surface area contributed by atoms with E-state index in [-0.39, 0.29) is 60.2 Å². The Morgan fingerprint density at radius 2 is 1.75 bits per heavy atom. The van der Waals surface area contributed by atoms with Gasteiger partial charge in [0.2, 0.25) is 11.8 Å². The van der Waals surface area contributed by atoms with Crippen molar-refractivity contribution in [3.63, 3.8) is 0 Å². The summed E-state index contributed by atoms with van der Waals surface area (Å²) in [6.07, 6.45) is 6.95. The summed E-state index contributed by atoms with van der Waals surface area (Å²) >= 11 is 4.64. The van der Waals surface area contributed by atoms with E-state index in [0.717, 1.165) is 45.2 Å². The maximum absolute atomic E-state index is 12.5. The monoisotopic (exact) mass is 623 g/mol. The number of hydrogen-bond donors (Lipinski definition) is 7. The zero-order valence-corrected chi connectivity index (χ0v) is 27.0. The summed E-state index contributed by atoms with van der Waals surface area (Å²) in [5.74, 6) is -1.25. The van der Waals surface area contributed by atoms with Crippen LogP contribution in [0.1, 0.15) is 82.8 Å². The predicted octanol–water partition coefficient (Wildman–Crippen LogP) is 3.94. The highest BCUT2D eigenvalue weighted by Crippen LogP contribution is 2.39. The second kappa shape index (κ2) is 13.4. The van der Waals surface area contributed by atoms with Gasteiger partial charge in [-0.2, -0.15) is 42.6 Å². The van der Waals surface area contributed by atoms with Gasteiger partial charge >= 0.3 is 11.9 Å². The maximum atomic E-state index is 12.5. The lowest BCUT2D eigenvalue weighted by Gasteiger charge is -2.28. The molecule has 11 heteroatoms. The number of aliphatic carboxylic acids is 2. The lowest BCUT2D eigenvalue weighted by Crippen LogP contribution is -2.31. The van der Waals surface area contributed by atoms with Crippen LogP contribution >= 0.6 is 12.6 Å². The number of hydrogen-bond acceptors (Lipinski definition) is 6. The SMILES string of the molecule is CCC1=C(C)C([CH-]c2[nH]c([CH-]C3=C(CCC(=O)O)[C-](C)/C(=C/C4NC(=O)[C@H](C)[C@H]4[C@H](C)S)N3)c(CCC(=O)O)c2C)NC1=O. The first-order chi connectivity index (χ1) is 20.7. The molecule has 44 heavy (non-hydrogen) atoms. The molecule has 6 N–H and O–H groups in total. The van der Waals surface area contributed by atoms with Gasteiger partial charge in [0.1, 0.15) is 0 Å². The van der Waals surface area contributed by atoms with Crippen LogP contribution in [0.4, 0.5) is 0 Å². The van der Waals surface area contributed by atoms with Gasteiger partial charge in [-0.1, -0.05) is 57.5 Å². The van der Waals surface area contributed by atoms with Crippen LogP contribution < -0.4 is 16.0 Å². The van der Waals surface area contributed by atoms with E-state index in [1.807, 2.05) is 60.5 Å². The highest BCUT2D eigenvalue weighted by molar-refractivity contribution is 7.80. The first-order valence-corrected chi connectivity index (χ1v) is 15.6. The molecule has 0 aliphatic carbocycles. The van der Waals surface area contributed by atoms with Crippen molar-refractivity contribution in [2.24, 2.45) is 11.8 Å². The van der Waals surface area contributed by atoms with Crippen LogP contribution in [-0.4, -0.2) is 56.3 Å². The molecule has 3 aliphatic heterocycles. The van der Waals surface area contributed by atoms with E-state index in [0.29, 0.717) is 24.2 Å². The highest BCUT2D eigenvalue weighted by Gasteiger charge is 2.39. The van der Waals surface area contributed by atoms with Gasteiger partial charge < -0.3 is 31.1 Å². The van der Waals surface area contributed by atoms with Crippen molar-refractivity contribution in [2.75, 3.05) is 0 Å². The molecule has 0 aromatic carbocycles. The number of nitrogens with one attached hydrogen (secondary N) is 4. The number of thiol groups is 1. The Kier molecular flexibility index (Phi) is 10.1. The molecule has 0 bridgehead atoms. The fraction of sp³-hybridized carbons (Fsp3) is 0.485. The van der Waals surface area contributed by atoms with Crippen LogP contribution in [0.3, 0.4) is 0 Å². The van der Waals surface area contributed by atoms with Gasteiger partial charge in [-0.25, -0.2) is 11.1 Å². The summed E-state index contributed by atoms with van der Waals surface area (Å²) in [5.41, 5.74) is 7.29. The molecule has 10 nitrogen and oxygen atoms in total.